The third-order valence-electron chi connectivity index (χ3n) is 4.09. The normalized spacial score (nSPS) is 11.3. The second-order valence-electron chi connectivity index (χ2n) is 6.34. The topological polar surface area (TPSA) is 65.3 Å². The number of hydrogen-bond acceptors (Lipinski definition) is 3. The number of nitrogens with one attached hydrogen (secondary N) is 1. The number of nitrogens with zero attached hydrogens (tertiary/aromatic N) is 1. The van der Waals surface area contributed by atoms with E-state index < -0.39 is 45.1 Å². The molecule has 0 aliphatic carbocycles. The van der Waals surface area contributed by atoms with Crippen molar-refractivity contribution in [2.45, 2.75) is 13.1 Å². The Balaban J connectivity index is 2.13. The molecule has 0 aliphatic rings. The molecule has 1 aromatic heterocycles. The third kappa shape index (κ3) is 4.93. The highest BCUT2D eigenvalue weighted by molar-refractivity contribution is 9.10. The number of pyridine rings is 1. The van der Waals surface area contributed by atoms with Gasteiger partial charge >= 0.3 is 6.18 Å². The molecule has 0 fully saturated rings. The van der Waals surface area contributed by atoms with E-state index in [0.29, 0.717) is 10.8 Å². The quantitative estimate of drug-likeness (QED) is 0.281. The van der Waals surface area contributed by atoms with E-state index in [4.69, 9.17) is 4.74 Å². The molecule has 0 spiro atoms. The van der Waals surface area contributed by atoms with E-state index in [0.717, 1.165) is 30.6 Å². The minimum absolute atomic E-state index is 0.0261. The first-order valence-corrected chi connectivity index (χ1v) is 9.30. The van der Waals surface area contributed by atoms with Gasteiger partial charge in [0.2, 0.25) is 6.20 Å². The molecular weight excluding hydrogens is 491 g/mol. The Morgan fingerprint density at radius 2 is 1.87 bits per heavy atom. The van der Waals surface area contributed by atoms with Crippen molar-refractivity contribution in [3.8, 4) is 11.5 Å². The van der Waals surface area contributed by atoms with Gasteiger partial charge in [0.25, 0.3) is 5.91 Å². The molecule has 0 saturated heterocycles. The summed E-state index contributed by atoms with van der Waals surface area (Å²) in [6, 6.07) is 6.29. The summed E-state index contributed by atoms with van der Waals surface area (Å²) >= 11 is 2.54. The lowest BCUT2D eigenvalue weighted by molar-refractivity contribution is -0.604. The summed E-state index contributed by atoms with van der Waals surface area (Å²) in [4.78, 5) is 12.7. The standard InChI is InChI=1S/C20H12BrF5N2O3/c1-10-7-11(22)4-5-14(10)31-15-8-13(20(24,25)26)17(21)18(23)16(15)19(29)27-12-3-2-6-28(30)9-12/h2-9H,1H3,(H,27,29). The molecule has 0 saturated carbocycles. The Labute approximate surface area is 180 Å². The number of amides is 1. The second kappa shape index (κ2) is 8.50. The SMILES string of the molecule is Cc1cc(F)ccc1Oc1cc(C(F)(F)F)c(Br)c(F)c1C(=O)Nc1ccc[n+]([O-])c1. The zero-order valence-electron chi connectivity index (χ0n) is 15.6. The maximum absolute atomic E-state index is 14.9. The zero-order valence-corrected chi connectivity index (χ0v) is 17.1. The molecule has 0 aliphatic heterocycles. The summed E-state index contributed by atoms with van der Waals surface area (Å²) in [5.41, 5.74) is -2.07. The fourth-order valence-corrected chi connectivity index (χ4v) is 3.21. The van der Waals surface area contributed by atoms with Gasteiger partial charge in [0.05, 0.1) is 10.0 Å². The first-order valence-electron chi connectivity index (χ1n) is 8.50. The van der Waals surface area contributed by atoms with Crippen LogP contribution in [0.15, 0.2) is 53.3 Å². The number of benzene rings is 2. The predicted octanol–water partition coefficient (Wildman–Crippen LogP) is 5.73. The number of rotatable bonds is 4. The molecule has 0 bridgehead atoms. The molecular formula is C20H12BrF5N2O3. The van der Waals surface area contributed by atoms with Gasteiger partial charge in [0.1, 0.15) is 28.6 Å². The maximum Gasteiger partial charge on any atom is 0.417 e. The largest absolute Gasteiger partial charge is 0.619 e. The van der Waals surface area contributed by atoms with Crippen LogP contribution in [-0.4, -0.2) is 5.91 Å². The number of anilines is 1. The number of ether oxygens (including phenoxy) is 1. The molecule has 0 radical (unpaired) electrons. The zero-order chi connectivity index (χ0) is 22.9. The van der Waals surface area contributed by atoms with Crippen LogP contribution in [0.25, 0.3) is 0 Å². The van der Waals surface area contributed by atoms with Gasteiger partial charge in [-0.15, -0.1) is 0 Å². The lowest BCUT2D eigenvalue weighted by atomic mass is 10.1. The van der Waals surface area contributed by atoms with Crippen molar-refractivity contribution in [2.75, 3.05) is 5.32 Å². The highest BCUT2D eigenvalue weighted by Crippen LogP contribution is 2.42. The number of carbonyl (C=O) groups is 1. The van der Waals surface area contributed by atoms with Gasteiger partial charge in [-0.3, -0.25) is 4.79 Å². The van der Waals surface area contributed by atoms with Crippen LogP contribution in [0.3, 0.4) is 0 Å². The van der Waals surface area contributed by atoms with E-state index in [1.165, 1.54) is 19.1 Å². The second-order valence-corrected chi connectivity index (χ2v) is 7.13. The fourth-order valence-electron chi connectivity index (χ4n) is 2.67. The molecule has 5 nitrogen and oxygen atoms in total. The molecule has 2 aromatic carbocycles. The van der Waals surface area contributed by atoms with Crippen LogP contribution in [0.4, 0.5) is 27.6 Å². The Kier molecular flexibility index (Phi) is 6.16. The van der Waals surface area contributed by atoms with Crippen molar-refractivity contribution in [3.05, 3.63) is 86.8 Å². The molecule has 11 heteroatoms. The van der Waals surface area contributed by atoms with Crippen LogP contribution in [-0.2, 0) is 6.18 Å². The molecule has 0 atom stereocenters. The number of alkyl halides is 3. The lowest BCUT2D eigenvalue weighted by Gasteiger charge is -2.18. The average Bonchev–Trinajstić information content (AvgIpc) is 2.65. The van der Waals surface area contributed by atoms with Gasteiger partial charge < -0.3 is 15.3 Å². The van der Waals surface area contributed by atoms with E-state index in [2.05, 4.69) is 21.2 Å². The van der Waals surface area contributed by atoms with Crippen molar-refractivity contribution < 1.29 is 36.2 Å². The number of carbonyl (C=O) groups excluding carboxylic acids is 1. The van der Waals surface area contributed by atoms with Crippen molar-refractivity contribution in [1.82, 2.24) is 0 Å². The molecule has 3 aromatic rings. The molecule has 1 N–H and O–H groups in total. The van der Waals surface area contributed by atoms with Crippen molar-refractivity contribution >= 4 is 27.5 Å². The fraction of sp³-hybridized carbons (Fsp3) is 0.100. The molecule has 1 amide bonds. The Bertz CT molecular complexity index is 1170. The molecule has 162 valence electrons. The lowest BCUT2D eigenvalue weighted by Crippen LogP contribution is -2.26. The average molecular weight is 503 g/mol. The predicted molar refractivity (Wildman–Crippen MR) is 104 cm³/mol. The highest BCUT2D eigenvalue weighted by atomic mass is 79.9. The molecule has 31 heavy (non-hydrogen) atoms. The summed E-state index contributed by atoms with van der Waals surface area (Å²) in [6.45, 7) is 1.43. The van der Waals surface area contributed by atoms with Crippen molar-refractivity contribution in [1.29, 1.82) is 0 Å². The van der Waals surface area contributed by atoms with E-state index in [1.54, 1.807) is 0 Å². The molecule has 1 heterocycles. The van der Waals surface area contributed by atoms with E-state index in [-0.39, 0.29) is 17.0 Å². The Hall–Kier alpha value is -3.21. The minimum atomic E-state index is -4.96. The minimum Gasteiger partial charge on any atom is -0.619 e. The van der Waals surface area contributed by atoms with Crippen LogP contribution in [0, 0.1) is 23.8 Å². The van der Waals surface area contributed by atoms with E-state index in [9.17, 15) is 32.0 Å². The number of aromatic nitrogens is 1. The number of hydrogen-bond donors (Lipinski definition) is 1. The van der Waals surface area contributed by atoms with Crippen molar-refractivity contribution in [2.24, 2.45) is 0 Å². The summed E-state index contributed by atoms with van der Waals surface area (Å²) in [6.07, 6.45) is -2.85. The summed E-state index contributed by atoms with van der Waals surface area (Å²) in [7, 11) is 0. The summed E-state index contributed by atoms with van der Waals surface area (Å²) in [5, 5.41) is 13.6. The van der Waals surface area contributed by atoms with Gasteiger partial charge in [-0.25, -0.2) is 8.78 Å². The third-order valence-corrected chi connectivity index (χ3v) is 4.87. The molecule has 3 rings (SSSR count). The van der Waals surface area contributed by atoms with Gasteiger partial charge in [0.15, 0.2) is 12.0 Å². The van der Waals surface area contributed by atoms with Crippen LogP contribution < -0.4 is 14.8 Å². The highest BCUT2D eigenvalue weighted by Gasteiger charge is 2.38. The van der Waals surface area contributed by atoms with Gasteiger partial charge in [-0.05, 0) is 58.7 Å². The first-order chi connectivity index (χ1) is 14.5. The van der Waals surface area contributed by atoms with E-state index in [1.807, 2.05) is 0 Å². The Morgan fingerprint density at radius 1 is 1.16 bits per heavy atom. The summed E-state index contributed by atoms with van der Waals surface area (Å²) in [5.74, 6) is -4.12. The number of aryl methyl sites for hydroxylation is 1. The monoisotopic (exact) mass is 502 g/mol. The number of halogens is 6. The van der Waals surface area contributed by atoms with Gasteiger partial charge in [-0.2, -0.15) is 17.9 Å². The van der Waals surface area contributed by atoms with Gasteiger partial charge in [-0.1, -0.05) is 0 Å². The van der Waals surface area contributed by atoms with Gasteiger partial charge in [0, 0.05) is 6.07 Å². The van der Waals surface area contributed by atoms with Crippen LogP contribution in [0.5, 0.6) is 11.5 Å². The summed E-state index contributed by atoms with van der Waals surface area (Å²) < 4.78 is 73.2. The maximum atomic E-state index is 14.9. The first kappa shape index (κ1) is 22.5. The van der Waals surface area contributed by atoms with Crippen LogP contribution in [0.2, 0.25) is 0 Å². The smallest absolute Gasteiger partial charge is 0.417 e. The van der Waals surface area contributed by atoms with E-state index >= 15 is 0 Å². The van der Waals surface area contributed by atoms with Crippen molar-refractivity contribution in [3.63, 3.8) is 0 Å². The Morgan fingerprint density at radius 3 is 2.48 bits per heavy atom. The van der Waals surface area contributed by atoms with Crippen LogP contribution >= 0.6 is 15.9 Å². The van der Waals surface area contributed by atoms with Crippen LogP contribution in [0.1, 0.15) is 21.5 Å². The molecule has 0 unspecified atom stereocenters.